The minimum absolute atomic E-state index is 0.602. The molecule has 0 unspecified atom stereocenters. The molecule has 3 aromatic rings. The zero-order chi connectivity index (χ0) is 14.8. The Morgan fingerprint density at radius 2 is 1.90 bits per heavy atom. The normalized spacial score (nSPS) is 11.0. The van der Waals surface area contributed by atoms with Crippen LogP contribution in [0.3, 0.4) is 0 Å². The van der Waals surface area contributed by atoms with Gasteiger partial charge in [0.05, 0.1) is 7.11 Å². The van der Waals surface area contributed by atoms with Gasteiger partial charge >= 0.3 is 0 Å². The van der Waals surface area contributed by atoms with Gasteiger partial charge in [-0.15, -0.1) is 0 Å². The van der Waals surface area contributed by atoms with Gasteiger partial charge in [-0.1, -0.05) is 23.7 Å². The molecule has 0 amide bonds. The second kappa shape index (κ2) is 5.80. The molecule has 0 fully saturated rings. The Hall–Kier alpha value is -1.97. The molecule has 1 heterocycles. The second-order valence-electron chi connectivity index (χ2n) is 4.94. The Morgan fingerprint density at radius 1 is 1.14 bits per heavy atom. The van der Waals surface area contributed by atoms with Crippen LogP contribution in [0.15, 0.2) is 42.5 Å². The Kier molecular flexibility index (Phi) is 3.86. The van der Waals surface area contributed by atoms with Crippen molar-refractivity contribution in [2.45, 2.75) is 6.42 Å². The van der Waals surface area contributed by atoms with Crippen molar-refractivity contribution in [1.29, 1.82) is 0 Å². The van der Waals surface area contributed by atoms with Gasteiger partial charge < -0.3 is 15.5 Å². The molecular formula is C17H17ClN2O. The molecule has 0 bridgehead atoms. The van der Waals surface area contributed by atoms with Crippen molar-refractivity contribution in [3.8, 4) is 17.0 Å². The minimum atomic E-state index is 0.602. The quantitative estimate of drug-likeness (QED) is 0.765. The van der Waals surface area contributed by atoms with Crippen LogP contribution in [0.25, 0.3) is 22.2 Å². The first-order valence-electron chi connectivity index (χ1n) is 6.87. The topological polar surface area (TPSA) is 51.0 Å². The molecular weight excluding hydrogens is 284 g/mol. The van der Waals surface area contributed by atoms with E-state index >= 15 is 0 Å². The van der Waals surface area contributed by atoms with Crippen molar-refractivity contribution in [3.63, 3.8) is 0 Å². The van der Waals surface area contributed by atoms with Gasteiger partial charge in [0, 0.05) is 21.6 Å². The Morgan fingerprint density at radius 3 is 2.57 bits per heavy atom. The molecule has 0 aliphatic carbocycles. The summed E-state index contributed by atoms with van der Waals surface area (Å²) in [5, 5.41) is 1.89. The highest BCUT2D eigenvalue weighted by Gasteiger charge is 2.13. The maximum absolute atomic E-state index is 5.97. The summed E-state index contributed by atoms with van der Waals surface area (Å²) >= 11 is 5.97. The fourth-order valence-corrected chi connectivity index (χ4v) is 2.75. The van der Waals surface area contributed by atoms with Gasteiger partial charge in [-0.2, -0.15) is 0 Å². The van der Waals surface area contributed by atoms with E-state index in [0.717, 1.165) is 39.4 Å². The van der Waals surface area contributed by atoms with Crippen LogP contribution < -0.4 is 10.5 Å². The summed E-state index contributed by atoms with van der Waals surface area (Å²) in [6, 6.07) is 13.9. The van der Waals surface area contributed by atoms with Gasteiger partial charge in [0.25, 0.3) is 0 Å². The van der Waals surface area contributed by atoms with Crippen molar-refractivity contribution in [2.75, 3.05) is 13.7 Å². The molecule has 0 atom stereocenters. The molecule has 3 rings (SSSR count). The van der Waals surface area contributed by atoms with Gasteiger partial charge in [-0.25, -0.2) is 0 Å². The van der Waals surface area contributed by atoms with Crippen LogP contribution in [0.2, 0.25) is 5.02 Å². The lowest BCUT2D eigenvalue weighted by atomic mass is 10.0. The van der Waals surface area contributed by atoms with Crippen molar-refractivity contribution >= 4 is 22.5 Å². The number of halogens is 1. The molecule has 0 radical (unpaired) electrons. The van der Waals surface area contributed by atoms with Crippen molar-refractivity contribution in [3.05, 3.63) is 53.1 Å². The molecule has 2 aromatic carbocycles. The maximum atomic E-state index is 5.97. The van der Waals surface area contributed by atoms with E-state index in [1.807, 2.05) is 36.4 Å². The first kappa shape index (κ1) is 14.0. The van der Waals surface area contributed by atoms with E-state index in [4.69, 9.17) is 22.1 Å². The van der Waals surface area contributed by atoms with Crippen LogP contribution >= 0.6 is 11.6 Å². The third kappa shape index (κ3) is 2.62. The van der Waals surface area contributed by atoms with E-state index in [9.17, 15) is 0 Å². The number of nitrogens with one attached hydrogen (secondary N) is 1. The zero-order valence-corrected chi connectivity index (χ0v) is 12.6. The number of ether oxygens (including phenoxy) is 1. The summed E-state index contributed by atoms with van der Waals surface area (Å²) in [5.74, 6) is 0.849. The molecule has 3 nitrogen and oxygen atoms in total. The lowest BCUT2D eigenvalue weighted by molar-refractivity contribution is 0.415. The molecule has 1 aromatic heterocycles. The van der Waals surface area contributed by atoms with Gasteiger partial charge in [-0.3, -0.25) is 0 Å². The number of fused-ring (bicyclic) bond motifs is 1. The largest absolute Gasteiger partial charge is 0.497 e. The van der Waals surface area contributed by atoms with E-state index < -0.39 is 0 Å². The standard InChI is InChI=1S/C17H17ClN2O/c1-21-13-6-7-16-15(10-13)14(8-9-19)17(20-16)11-2-4-12(18)5-3-11/h2-7,10,20H,8-9,19H2,1H3. The summed E-state index contributed by atoms with van der Waals surface area (Å²) in [4.78, 5) is 3.48. The van der Waals surface area contributed by atoms with Crippen molar-refractivity contribution in [1.82, 2.24) is 4.98 Å². The highest BCUT2D eigenvalue weighted by molar-refractivity contribution is 6.30. The number of rotatable bonds is 4. The average Bonchev–Trinajstić information content (AvgIpc) is 2.86. The summed E-state index contributed by atoms with van der Waals surface area (Å²) in [6.45, 7) is 0.602. The molecule has 108 valence electrons. The van der Waals surface area contributed by atoms with E-state index in [1.54, 1.807) is 7.11 Å². The fourth-order valence-electron chi connectivity index (χ4n) is 2.62. The lowest BCUT2D eigenvalue weighted by Gasteiger charge is -2.04. The molecule has 0 aliphatic rings. The zero-order valence-electron chi connectivity index (χ0n) is 11.8. The van der Waals surface area contributed by atoms with Gasteiger partial charge in [0.1, 0.15) is 5.75 Å². The van der Waals surface area contributed by atoms with E-state index in [1.165, 1.54) is 5.56 Å². The molecule has 0 saturated carbocycles. The maximum Gasteiger partial charge on any atom is 0.119 e. The first-order valence-corrected chi connectivity index (χ1v) is 7.25. The van der Waals surface area contributed by atoms with E-state index in [0.29, 0.717) is 6.54 Å². The Bertz CT molecular complexity index is 762. The van der Waals surface area contributed by atoms with Gasteiger partial charge in [0.2, 0.25) is 0 Å². The summed E-state index contributed by atoms with van der Waals surface area (Å²) in [6.07, 6.45) is 0.811. The van der Waals surface area contributed by atoms with Gasteiger partial charge in [0.15, 0.2) is 0 Å². The molecule has 21 heavy (non-hydrogen) atoms. The van der Waals surface area contributed by atoms with Crippen LogP contribution in [0.5, 0.6) is 5.75 Å². The minimum Gasteiger partial charge on any atom is -0.497 e. The van der Waals surface area contributed by atoms with Crippen LogP contribution in [0.1, 0.15) is 5.56 Å². The molecule has 0 aliphatic heterocycles. The van der Waals surface area contributed by atoms with Gasteiger partial charge in [-0.05, 0) is 54.4 Å². The molecule has 3 N–H and O–H groups in total. The second-order valence-corrected chi connectivity index (χ2v) is 5.37. The van der Waals surface area contributed by atoms with Crippen LogP contribution in [-0.2, 0) is 6.42 Å². The fraction of sp³-hybridized carbons (Fsp3) is 0.176. The third-order valence-corrected chi connectivity index (χ3v) is 3.89. The first-order chi connectivity index (χ1) is 10.2. The third-order valence-electron chi connectivity index (χ3n) is 3.64. The SMILES string of the molecule is COc1ccc2[nH]c(-c3ccc(Cl)cc3)c(CCN)c2c1. The molecule has 4 heteroatoms. The summed E-state index contributed by atoms with van der Waals surface area (Å²) in [5.41, 5.74) is 10.3. The number of H-pyrrole nitrogens is 1. The highest BCUT2D eigenvalue weighted by atomic mass is 35.5. The van der Waals surface area contributed by atoms with E-state index in [-0.39, 0.29) is 0 Å². The molecule has 0 saturated heterocycles. The van der Waals surface area contributed by atoms with Crippen molar-refractivity contribution in [2.24, 2.45) is 5.73 Å². The number of hydrogen-bond donors (Lipinski definition) is 2. The highest BCUT2D eigenvalue weighted by Crippen LogP contribution is 2.33. The Balaban J connectivity index is 2.21. The van der Waals surface area contributed by atoms with Crippen molar-refractivity contribution < 1.29 is 4.74 Å². The summed E-state index contributed by atoms with van der Waals surface area (Å²) in [7, 11) is 1.68. The van der Waals surface area contributed by atoms with Crippen LogP contribution in [0, 0.1) is 0 Å². The predicted molar refractivity (Wildman–Crippen MR) is 88.1 cm³/mol. The lowest BCUT2D eigenvalue weighted by Crippen LogP contribution is -2.03. The smallest absolute Gasteiger partial charge is 0.119 e. The number of nitrogens with two attached hydrogens (primary N) is 1. The van der Waals surface area contributed by atoms with Crippen LogP contribution in [0.4, 0.5) is 0 Å². The Labute approximate surface area is 128 Å². The number of benzene rings is 2. The average molecular weight is 301 g/mol. The van der Waals surface area contributed by atoms with E-state index in [2.05, 4.69) is 11.1 Å². The predicted octanol–water partition coefficient (Wildman–Crippen LogP) is 4.00. The number of aromatic nitrogens is 1. The van der Waals surface area contributed by atoms with Crippen LogP contribution in [-0.4, -0.2) is 18.6 Å². The number of aromatic amines is 1. The number of methoxy groups -OCH3 is 1. The monoisotopic (exact) mass is 300 g/mol. The molecule has 0 spiro atoms. The summed E-state index contributed by atoms with van der Waals surface area (Å²) < 4.78 is 5.32. The number of hydrogen-bond acceptors (Lipinski definition) is 2.